The largest absolute Gasteiger partial charge is 0.483 e. The number of halogens is 3. The molecule has 0 radical (unpaired) electrons. The van der Waals surface area contributed by atoms with Crippen molar-refractivity contribution in [1.82, 2.24) is 4.98 Å². The molecule has 2 heterocycles. The lowest BCUT2D eigenvalue weighted by atomic mass is 10.1. The van der Waals surface area contributed by atoms with E-state index < -0.39 is 17.8 Å². The topological polar surface area (TPSA) is 55.6 Å². The molecule has 1 amide bonds. The van der Waals surface area contributed by atoms with Gasteiger partial charge in [0.15, 0.2) is 11.3 Å². The number of aryl methyl sites for hydroxylation is 1. The average Bonchev–Trinajstić information content (AvgIpc) is 2.99. The van der Waals surface area contributed by atoms with Crippen LogP contribution in [0.25, 0.3) is 11.1 Å². The van der Waals surface area contributed by atoms with Gasteiger partial charge in [-0.2, -0.15) is 8.78 Å². The van der Waals surface area contributed by atoms with E-state index in [-0.39, 0.29) is 29.4 Å². The molecule has 1 aliphatic rings. The van der Waals surface area contributed by atoms with Crippen molar-refractivity contribution >= 4 is 22.7 Å². The van der Waals surface area contributed by atoms with E-state index in [9.17, 15) is 18.0 Å². The van der Waals surface area contributed by atoms with E-state index in [2.05, 4.69) is 9.72 Å². The summed E-state index contributed by atoms with van der Waals surface area (Å²) in [5, 5.41) is 0. The van der Waals surface area contributed by atoms with E-state index in [1.165, 1.54) is 24.3 Å². The van der Waals surface area contributed by atoms with Crippen molar-refractivity contribution in [3.05, 3.63) is 53.7 Å². The molecule has 0 N–H and O–H groups in total. The van der Waals surface area contributed by atoms with Crippen LogP contribution in [0.5, 0.6) is 5.75 Å². The van der Waals surface area contributed by atoms with Gasteiger partial charge in [0.2, 0.25) is 5.89 Å². The van der Waals surface area contributed by atoms with Gasteiger partial charge < -0.3 is 9.15 Å². The standard InChI is InChI=1S/C18H13F3N2O3/c1-2-10-4-3-5-13-16(10)26-18(20,21)17(24)23(13)9-15-22-12-8-11(19)6-7-14(12)25-15/h3-8H,2,9H2,1H3. The number of alkyl halides is 2. The SMILES string of the molecule is CCc1cccc2c1OC(F)(F)C(=O)N2Cc1nc2cc(F)ccc2o1. The minimum absolute atomic E-state index is 0.0181. The monoisotopic (exact) mass is 362 g/mol. The summed E-state index contributed by atoms with van der Waals surface area (Å²) in [5.41, 5.74) is 1.32. The predicted octanol–water partition coefficient (Wildman–Crippen LogP) is 4.05. The fourth-order valence-electron chi connectivity index (χ4n) is 2.93. The number of nitrogens with zero attached hydrogens (tertiary/aromatic N) is 2. The maximum Gasteiger partial charge on any atom is 0.483 e. The molecular weight excluding hydrogens is 349 g/mol. The number of para-hydroxylation sites is 1. The highest BCUT2D eigenvalue weighted by atomic mass is 19.3. The molecule has 0 atom stereocenters. The van der Waals surface area contributed by atoms with Gasteiger partial charge in [-0.15, -0.1) is 0 Å². The number of rotatable bonds is 3. The quantitative estimate of drug-likeness (QED) is 0.705. The number of benzene rings is 2. The van der Waals surface area contributed by atoms with Gasteiger partial charge in [0.05, 0.1) is 5.69 Å². The van der Waals surface area contributed by atoms with Crippen LogP contribution in [-0.2, 0) is 17.8 Å². The van der Waals surface area contributed by atoms with Crippen LogP contribution in [0.15, 0.2) is 40.8 Å². The van der Waals surface area contributed by atoms with E-state index in [1.54, 1.807) is 19.1 Å². The van der Waals surface area contributed by atoms with Crippen LogP contribution in [0, 0.1) is 5.82 Å². The van der Waals surface area contributed by atoms with E-state index >= 15 is 0 Å². The van der Waals surface area contributed by atoms with E-state index in [1.807, 2.05) is 0 Å². The highest BCUT2D eigenvalue weighted by Gasteiger charge is 2.51. The lowest BCUT2D eigenvalue weighted by molar-refractivity contribution is -0.193. The van der Waals surface area contributed by atoms with Crippen LogP contribution < -0.4 is 9.64 Å². The molecular formula is C18H13F3N2O3. The molecule has 4 rings (SSSR count). The van der Waals surface area contributed by atoms with Crippen molar-refractivity contribution in [2.24, 2.45) is 0 Å². The molecule has 5 nitrogen and oxygen atoms in total. The fourth-order valence-corrected chi connectivity index (χ4v) is 2.93. The molecule has 8 heteroatoms. The zero-order chi connectivity index (χ0) is 18.5. The maximum atomic E-state index is 14.1. The van der Waals surface area contributed by atoms with Gasteiger partial charge in [-0.05, 0) is 30.2 Å². The summed E-state index contributed by atoms with van der Waals surface area (Å²) in [6.45, 7) is 1.47. The number of carbonyl (C=O) groups is 1. The maximum absolute atomic E-state index is 14.1. The van der Waals surface area contributed by atoms with Crippen LogP contribution in [-0.4, -0.2) is 17.0 Å². The number of ether oxygens (including phenoxy) is 1. The normalized spacial score (nSPS) is 15.8. The number of hydrogen-bond acceptors (Lipinski definition) is 4. The summed E-state index contributed by atoms with van der Waals surface area (Å²) in [4.78, 5) is 17.2. The summed E-state index contributed by atoms with van der Waals surface area (Å²) < 4.78 is 51.6. The zero-order valence-corrected chi connectivity index (χ0v) is 13.6. The van der Waals surface area contributed by atoms with Crippen LogP contribution in [0.4, 0.5) is 18.9 Å². The molecule has 0 bridgehead atoms. The van der Waals surface area contributed by atoms with Gasteiger partial charge in [0.1, 0.15) is 17.9 Å². The Morgan fingerprint density at radius 3 is 2.81 bits per heavy atom. The molecule has 0 fully saturated rings. The first-order valence-electron chi connectivity index (χ1n) is 7.94. The van der Waals surface area contributed by atoms with Crippen molar-refractivity contribution < 1.29 is 27.1 Å². The first-order chi connectivity index (χ1) is 12.4. The van der Waals surface area contributed by atoms with Crippen molar-refractivity contribution in [2.45, 2.75) is 26.0 Å². The first kappa shape index (κ1) is 16.4. The molecule has 1 aromatic heterocycles. The highest BCUT2D eigenvalue weighted by Crippen LogP contribution is 2.42. The number of aromatic nitrogens is 1. The van der Waals surface area contributed by atoms with E-state index in [0.717, 1.165) is 4.90 Å². The number of oxazole rings is 1. The van der Waals surface area contributed by atoms with Crippen molar-refractivity contribution in [3.8, 4) is 5.75 Å². The highest BCUT2D eigenvalue weighted by molar-refractivity contribution is 6.01. The minimum atomic E-state index is -3.99. The molecule has 134 valence electrons. The Bertz CT molecular complexity index is 1020. The Morgan fingerprint density at radius 2 is 2.04 bits per heavy atom. The Hall–Kier alpha value is -3.03. The molecule has 0 unspecified atom stereocenters. The number of amides is 1. The van der Waals surface area contributed by atoms with Crippen LogP contribution in [0.2, 0.25) is 0 Å². The molecule has 0 saturated carbocycles. The second-order valence-corrected chi connectivity index (χ2v) is 5.85. The van der Waals surface area contributed by atoms with Crippen molar-refractivity contribution in [2.75, 3.05) is 4.90 Å². The molecule has 1 aliphatic heterocycles. The van der Waals surface area contributed by atoms with Gasteiger partial charge in [0.25, 0.3) is 0 Å². The molecule has 2 aromatic carbocycles. The fraction of sp³-hybridized carbons (Fsp3) is 0.222. The Morgan fingerprint density at radius 1 is 1.23 bits per heavy atom. The van der Waals surface area contributed by atoms with Gasteiger partial charge in [-0.1, -0.05) is 19.1 Å². The lowest BCUT2D eigenvalue weighted by Crippen LogP contribution is -2.50. The summed E-state index contributed by atoms with van der Waals surface area (Å²) in [6.07, 6.45) is -3.53. The summed E-state index contributed by atoms with van der Waals surface area (Å²) in [5.74, 6) is -2.03. The molecule has 3 aromatic rings. The summed E-state index contributed by atoms with van der Waals surface area (Å²) in [7, 11) is 0. The summed E-state index contributed by atoms with van der Waals surface area (Å²) in [6, 6.07) is 8.59. The average molecular weight is 362 g/mol. The number of carbonyl (C=O) groups excluding carboxylic acids is 1. The number of anilines is 1. The third kappa shape index (κ3) is 2.58. The Kier molecular flexibility index (Phi) is 3.64. The lowest BCUT2D eigenvalue weighted by Gasteiger charge is -2.33. The predicted molar refractivity (Wildman–Crippen MR) is 86.6 cm³/mol. The molecule has 0 aliphatic carbocycles. The molecule has 0 spiro atoms. The Labute approximate surface area is 146 Å². The van der Waals surface area contributed by atoms with Crippen LogP contribution >= 0.6 is 0 Å². The Balaban J connectivity index is 1.78. The van der Waals surface area contributed by atoms with Gasteiger partial charge in [0, 0.05) is 6.07 Å². The number of hydrogen-bond donors (Lipinski definition) is 0. The van der Waals surface area contributed by atoms with Gasteiger partial charge in [-0.25, -0.2) is 9.37 Å². The van der Waals surface area contributed by atoms with Crippen molar-refractivity contribution in [1.29, 1.82) is 0 Å². The second-order valence-electron chi connectivity index (χ2n) is 5.85. The third-order valence-electron chi connectivity index (χ3n) is 4.16. The summed E-state index contributed by atoms with van der Waals surface area (Å²) >= 11 is 0. The van der Waals surface area contributed by atoms with Gasteiger partial charge >= 0.3 is 12.0 Å². The first-order valence-corrected chi connectivity index (χ1v) is 7.94. The van der Waals surface area contributed by atoms with Gasteiger partial charge in [-0.3, -0.25) is 9.69 Å². The zero-order valence-electron chi connectivity index (χ0n) is 13.6. The second kappa shape index (κ2) is 5.76. The van der Waals surface area contributed by atoms with Crippen LogP contribution in [0.3, 0.4) is 0 Å². The van der Waals surface area contributed by atoms with E-state index in [4.69, 9.17) is 4.42 Å². The third-order valence-corrected chi connectivity index (χ3v) is 4.16. The van der Waals surface area contributed by atoms with Crippen molar-refractivity contribution in [3.63, 3.8) is 0 Å². The number of fused-ring (bicyclic) bond motifs is 2. The minimum Gasteiger partial charge on any atom is -0.439 e. The smallest absolute Gasteiger partial charge is 0.439 e. The van der Waals surface area contributed by atoms with E-state index in [0.29, 0.717) is 17.6 Å². The van der Waals surface area contributed by atoms with Crippen LogP contribution in [0.1, 0.15) is 18.4 Å². The molecule has 26 heavy (non-hydrogen) atoms. The molecule has 0 saturated heterocycles.